The van der Waals surface area contributed by atoms with Crippen molar-refractivity contribution in [2.45, 2.75) is 26.7 Å². The van der Waals surface area contributed by atoms with Crippen molar-refractivity contribution in [3.63, 3.8) is 0 Å². The van der Waals surface area contributed by atoms with Gasteiger partial charge >= 0.3 is 0 Å². The van der Waals surface area contributed by atoms with Crippen molar-refractivity contribution in [1.29, 1.82) is 0 Å². The zero-order chi connectivity index (χ0) is 12.3. The smallest absolute Gasteiger partial charge is 0.0370 e. The van der Waals surface area contributed by atoms with Crippen molar-refractivity contribution in [2.24, 2.45) is 5.84 Å². The lowest BCUT2D eigenvalue weighted by molar-refractivity contribution is 0.266. The molecule has 0 amide bonds. The fourth-order valence-electron chi connectivity index (χ4n) is 2.46. The van der Waals surface area contributed by atoms with E-state index in [9.17, 15) is 0 Å². The second-order valence-electron chi connectivity index (χ2n) is 4.68. The summed E-state index contributed by atoms with van der Waals surface area (Å²) in [5.74, 6) is 5.78. The third-order valence-corrected chi connectivity index (χ3v) is 3.63. The Kier molecular flexibility index (Phi) is 4.02. The molecule has 0 bridgehead atoms. The van der Waals surface area contributed by atoms with Crippen molar-refractivity contribution in [3.8, 4) is 0 Å². The average Bonchev–Trinajstić information content (AvgIpc) is 2.39. The Hall–Kier alpha value is -1.06. The molecule has 1 heterocycles. The number of piperazine rings is 1. The number of benzene rings is 1. The molecule has 3 nitrogen and oxygen atoms in total. The second-order valence-corrected chi connectivity index (χ2v) is 4.68. The molecule has 2 N–H and O–H groups in total. The lowest BCUT2D eigenvalue weighted by Crippen LogP contribution is -2.49. The van der Waals surface area contributed by atoms with E-state index >= 15 is 0 Å². The molecule has 1 aliphatic rings. The SMILES string of the molecule is CCc1ccc(N2CCN(N)CC2)cc1CC. The minimum atomic E-state index is 0.955. The van der Waals surface area contributed by atoms with E-state index < -0.39 is 0 Å². The van der Waals surface area contributed by atoms with Crippen LogP contribution in [0.3, 0.4) is 0 Å². The van der Waals surface area contributed by atoms with Gasteiger partial charge in [0.15, 0.2) is 0 Å². The maximum atomic E-state index is 5.78. The first-order valence-corrected chi connectivity index (χ1v) is 6.61. The molecule has 0 aromatic heterocycles. The molecule has 0 spiro atoms. The number of rotatable bonds is 3. The molecule has 1 aromatic carbocycles. The summed E-state index contributed by atoms with van der Waals surface area (Å²) >= 11 is 0. The molecular formula is C14H23N3. The third-order valence-electron chi connectivity index (χ3n) is 3.63. The topological polar surface area (TPSA) is 32.5 Å². The van der Waals surface area contributed by atoms with Crippen LogP contribution in [0.25, 0.3) is 0 Å². The molecule has 0 aliphatic carbocycles. The van der Waals surface area contributed by atoms with Gasteiger partial charge in [0.25, 0.3) is 0 Å². The van der Waals surface area contributed by atoms with Gasteiger partial charge in [-0.15, -0.1) is 0 Å². The van der Waals surface area contributed by atoms with Gasteiger partial charge in [-0.3, -0.25) is 5.84 Å². The Morgan fingerprint density at radius 3 is 2.24 bits per heavy atom. The van der Waals surface area contributed by atoms with Crippen LogP contribution in [0.4, 0.5) is 5.69 Å². The van der Waals surface area contributed by atoms with Crippen LogP contribution in [0.2, 0.25) is 0 Å². The number of hydrogen-bond donors (Lipinski definition) is 1. The summed E-state index contributed by atoms with van der Waals surface area (Å²) in [6, 6.07) is 6.89. The summed E-state index contributed by atoms with van der Waals surface area (Å²) < 4.78 is 0. The monoisotopic (exact) mass is 233 g/mol. The number of aryl methyl sites for hydroxylation is 2. The maximum Gasteiger partial charge on any atom is 0.0370 e. The van der Waals surface area contributed by atoms with Crippen LogP contribution in [0.1, 0.15) is 25.0 Å². The molecule has 0 radical (unpaired) electrons. The van der Waals surface area contributed by atoms with Crippen molar-refractivity contribution >= 4 is 5.69 Å². The van der Waals surface area contributed by atoms with Gasteiger partial charge in [0.2, 0.25) is 0 Å². The minimum Gasteiger partial charge on any atom is -0.369 e. The van der Waals surface area contributed by atoms with Crippen molar-refractivity contribution in [1.82, 2.24) is 5.01 Å². The van der Waals surface area contributed by atoms with E-state index in [2.05, 4.69) is 36.9 Å². The first-order chi connectivity index (χ1) is 8.24. The minimum absolute atomic E-state index is 0.955. The Morgan fingerprint density at radius 1 is 1.00 bits per heavy atom. The standard InChI is InChI=1S/C14H23N3/c1-3-12-5-6-14(11-13(12)4-2)16-7-9-17(15)10-8-16/h5-6,11H,3-4,7-10,15H2,1-2H3. The Bertz CT molecular complexity index is 368. The van der Waals surface area contributed by atoms with Crippen LogP contribution in [-0.2, 0) is 12.8 Å². The van der Waals surface area contributed by atoms with Gasteiger partial charge in [-0.25, -0.2) is 5.01 Å². The van der Waals surface area contributed by atoms with Crippen molar-refractivity contribution < 1.29 is 0 Å². The Morgan fingerprint density at radius 2 is 1.65 bits per heavy atom. The van der Waals surface area contributed by atoms with E-state index in [1.165, 1.54) is 16.8 Å². The van der Waals surface area contributed by atoms with Crippen LogP contribution >= 0.6 is 0 Å². The van der Waals surface area contributed by atoms with Crippen LogP contribution in [0, 0.1) is 0 Å². The van der Waals surface area contributed by atoms with E-state index in [0.717, 1.165) is 39.0 Å². The summed E-state index contributed by atoms with van der Waals surface area (Å²) in [5.41, 5.74) is 4.32. The second kappa shape index (κ2) is 5.52. The number of hydrazine groups is 1. The molecular weight excluding hydrogens is 210 g/mol. The van der Waals surface area contributed by atoms with Gasteiger partial charge in [-0.05, 0) is 36.1 Å². The summed E-state index contributed by atoms with van der Waals surface area (Å²) in [7, 11) is 0. The van der Waals surface area contributed by atoms with Crippen LogP contribution in [-0.4, -0.2) is 31.2 Å². The van der Waals surface area contributed by atoms with Gasteiger partial charge in [0, 0.05) is 31.9 Å². The molecule has 1 saturated heterocycles. The molecule has 1 aliphatic heterocycles. The molecule has 17 heavy (non-hydrogen) atoms. The maximum absolute atomic E-state index is 5.78. The zero-order valence-electron chi connectivity index (χ0n) is 10.9. The fraction of sp³-hybridized carbons (Fsp3) is 0.571. The molecule has 3 heteroatoms. The molecule has 0 saturated carbocycles. The summed E-state index contributed by atoms with van der Waals surface area (Å²) in [4.78, 5) is 2.43. The number of anilines is 1. The Labute approximate surface area is 104 Å². The predicted octanol–water partition coefficient (Wildman–Crippen LogP) is 1.81. The van der Waals surface area contributed by atoms with Gasteiger partial charge in [-0.1, -0.05) is 19.9 Å². The van der Waals surface area contributed by atoms with E-state index in [1.54, 1.807) is 0 Å². The quantitative estimate of drug-likeness (QED) is 0.808. The molecule has 0 unspecified atom stereocenters. The third kappa shape index (κ3) is 2.79. The lowest BCUT2D eigenvalue weighted by Gasteiger charge is -2.34. The highest BCUT2D eigenvalue weighted by molar-refractivity contribution is 5.51. The van der Waals surface area contributed by atoms with E-state index in [4.69, 9.17) is 5.84 Å². The van der Waals surface area contributed by atoms with Crippen molar-refractivity contribution in [2.75, 3.05) is 31.1 Å². The van der Waals surface area contributed by atoms with Crippen molar-refractivity contribution in [3.05, 3.63) is 29.3 Å². The largest absolute Gasteiger partial charge is 0.369 e. The van der Waals surface area contributed by atoms with Gasteiger partial charge in [-0.2, -0.15) is 0 Å². The number of nitrogens with two attached hydrogens (primary N) is 1. The average molecular weight is 233 g/mol. The summed E-state index contributed by atoms with van der Waals surface area (Å²) in [6.07, 6.45) is 2.24. The highest BCUT2D eigenvalue weighted by Crippen LogP contribution is 2.21. The van der Waals surface area contributed by atoms with Crippen LogP contribution < -0.4 is 10.7 Å². The number of hydrogen-bond acceptors (Lipinski definition) is 3. The summed E-state index contributed by atoms with van der Waals surface area (Å²) in [6.45, 7) is 8.43. The lowest BCUT2D eigenvalue weighted by atomic mass is 10.0. The van der Waals surface area contributed by atoms with E-state index in [0.29, 0.717) is 0 Å². The highest BCUT2D eigenvalue weighted by Gasteiger charge is 2.15. The van der Waals surface area contributed by atoms with Crippen LogP contribution in [0.15, 0.2) is 18.2 Å². The van der Waals surface area contributed by atoms with Crippen LogP contribution in [0.5, 0.6) is 0 Å². The van der Waals surface area contributed by atoms with E-state index in [-0.39, 0.29) is 0 Å². The molecule has 1 fully saturated rings. The Balaban J connectivity index is 2.16. The fourth-order valence-corrected chi connectivity index (χ4v) is 2.46. The first kappa shape index (κ1) is 12.4. The molecule has 1 aromatic rings. The van der Waals surface area contributed by atoms with Gasteiger partial charge in [0.1, 0.15) is 0 Å². The molecule has 94 valence electrons. The molecule has 0 atom stereocenters. The van der Waals surface area contributed by atoms with Gasteiger partial charge in [0.05, 0.1) is 0 Å². The summed E-state index contributed by atoms with van der Waals surface area (Å²) in [5, 5.41) is 1.90. The normalized spacial score (nSPS) is 17.5. The predicted molar refractivity (Wildman–Crippen MR) is 73.2 cm³/mol. The molecule has 2 rings (SSSR count). The highest BCUT2D eigenvalue weighted by atomic mass is 15.4. The van der Waals surface area contributed by atoms with Gasteiger partial charge < -0.3 is 4.90 Å². The van der Waals surface area contributed by atoms with E-state index in [1.807, 2.05) is 5.01 Å². The number of nitrogens with zero attached hydrogens (tertiary/aromatic N) is 2. The zero-order valence-corrected chi connectivity index (χ0v) is 10.9. The first-order valence-electron chi connectivity index (χ1n) is 6.61.